The van der Waals surface area contributed by atoms with Crippen LogP contribution in [0.2, 0.25) is 0 Å². The number of thiophene rings is 1. The van der Waals surface area contributed by atoms with E-state index in [1.807, 2.05) is 64.2 Å². The van der Waals surface area contributed by atoms with E-state index in [1.54, 1.807) is 17.4 Å². The largest absolute Gasteiger partial charge is 0.366 e. The summed E-state index contributed by atoms with van der Waals surface area (Å²) in [6, 6.07) is 15.6. The molecule has 1 saturated heterocycles. The van der Waals surface area contributed by atoms with Crippen LogP contribution < -0.4 is 5.73 Å². The molecule has 7 nitrogen and oxygen atoms in total. The minimum absolute atomic E-state index is 0.0454. The fourth-order valence-electron chi connectivity index (χ4n) is 4.38. The number of aryl methyl sites for hydroxylation is 1. The van der Waals surface area contributed by atoms with E-state index in [-0.39, 0.29) is 18.2 Å². The molecule has 2 N–H and O–H groups in total. The number of primary amides is 1. The molecule has 3 aromatic rings. The Kier molecular flexibility index (Phi) is 7.59. The second kappa shape index (κ2) is 10.8. The van der Waals surface area contributed by atoms with Crippen molar-refractivity contribution in [1.29, 1.82) is 0 Å². The Morgan fingerprint density at radius 3 is 2.38 bits per heavy atom. The average molecular weight is 479 g/mol. The number of piperazine rings is 1. The molecule has 8 heteroatoms. The second-order valence-corrected chi connectivity index (χ2v) is 9.66. The van der Waals surface area contributed by atoms with E-state index in [4.69, 9.17) is 5.73 Å². The Bertz CT molecular complexity index is 1150. The Morgan fingerprint density at radius 2 is 1.74 bits per heavy atom. The molecule has 34 heavy (non-hydrogen) atoms. The first-order valence-electron chi connectivity index (χ1n) is 11.5. The molecule has 0 radical (unpaired) electrons. The molecular weight excluding hydrogens is 448 g/mol. The van der Waals surface area contributed by atoms with Crippen molar-refractivity contribution in [3.8, 4) is 0 Å². The van der Waals surface area contributed by atoms with Crippen LogP contribution >= 0.6 is 11.3 Å². The van der Waals surface area contributed by atoms with Gasteiger partial charge in [-0.3, -0.25) is 19.3 Å². The highest BCUT2D eigenvalue weighted by Crippen LogP contribution is 2.21. The highest BCUT2D eigenvalue weighted by Gasteiger charge is 2.25. The molecule has 4 rings (SSSR count). The Balaban J connectivity index is 1.35. The monoisotopic (exact) mass is 478 g/mol. The number of nitrogens with two attached hydrogens (primary N) is 1. The van der Waals surface area contributed by atoms with Gasteiger partial charge in [-0.25, -0.2) is 0 Å². The lowest BCUT2D eigenvalue weighted by Crippen LogP contribution is -2.50. The van der Waals surface area contributed by atoms with Gasteiger partial charge in [-0.05, 0) is 36.4 Å². The summed E-state index contributed by atoms with van der Waals surface area (Å²) >= 11 is 1.61. The highest BCUT2D eigenvalue weighted by atomic mass is 32.1. The van der Waals surface area contributed by atoms with Gasteiger partial charge in [0.05, 0.1) is 24.3 Å². The quantitative estimate of drug-likeness (QED) is 0.479. The molecule has 0 saturated carbocycles. The molecule has 1 aromatic carbocycles. The minimum atomic E-state index is -0.529. The molecule has 3 heterocycles. The number of carbonyl (C=O) groups is 3. The maximum Gasteiger partial charge on any atom is 0.250 e. The summed E-state index contributed by atoms with van der Waals surface area (Å²) in [6.45, 7) is 5.13. The Labute approximate surface area is 203 Å². The molecule has 2 aromatic heterocycles. The molecule has 0 unspecified atom stereocenters. The lowest BCUT2D eigenvalue weighted by molar-refractivity contribution is -0.132. The number of nitrogens with zero attached hydrogens (tertiary/aromatic N) is 3. The van der Waals surface area contributed by atoms with E-state index < -0.39 is 5.91 Å². The Morgan fingerprint density at radius 1 is 1.00 bits per heavy atom. The van der Waals surface area contributed by atoms with Gasteiger partial charge in [0.25, 0.3) is 5.91 Å². The molecule has 1 aliphatic heterocycles. The third-order valence-corrected chi connectivity index (χ3v) is 7.24. The van der Waals surface area contributed by atoms with Crippen LogP contribution in [0.15, 0.2) is 53.9 Å². The van der Waals surface area contributed by atoms with Gasteiger partial charge in [-0.1, -0.05) is 36.4 Å². The first kappa shape index (κ1) is 23.9. The van der Waals surface area contributed by atoms with Crippen LogP contribution in [0.5, 0.6) is 0 Å². The average Bonchev–Trinajstić information content (AvgIpc) is 3.47. The van der Waals surface area contributed by atoms with Gasteiger partial charge >= 0.3 is 0 Å². The number of hydrogen-bond donors (Lipinski definition) is 1. The maximum absolute atomic E-state index is 13.2. The van der Waals surface area contributed by atoms with Crippen molar-refractivity contribution in [2.24, 2.45) is 5.73 Å². The number of benzene rings is 1. The Hall–Kier alpha value is -3.23. The molecule has 0 spiro atoms. The molecule has 1 fully saturated rings. The predicted molar refractivity (Wildman–Crippen MR) is 133 cm³/mol. The standard InChI is InChI=1S/C26H30N4O3S/c1-19-22(26(27)33)16-23(30(19)17-21-8-5-15-34-21)24(31)18-28-11-13-29(14-12-28)25(32)10-9-20-6-3-2-4-7-20/h2-8,15-16H,9-14,17-18H2,1H3,(H2,27,33). The van der Waals surface area contributed by atoms with Crippen molar-refractivity contribution < 1.29 is 14.4 Å². The van der Waals surface area contributed by atoms with Crippen molar-refractivity contribution in [2.75, 3.05) is 32.7 Å². The lowest BCUT2D eigenvalue weighted by Gasteiger charge is -2.34. The topological polar surface area (TPSA) is 88.6 Å². The van der Waals surface area contributed by atoms with Crippen molar-refractivity contribution >= 4 is 28.9 Å². The molecule has 0 bridgehead atoms. The third kappa shape index (κ3) is 5.63. The van der Waals surface area contributed by atoms with Crippen LogP contribution in [-0.2, 0) is 17.8 Å². The van der Waals surface area contributed by atoms with Crippen LogP contribution in [0.4, 0.5) is 0 Å². The predicted octanol–water partition coefficient (Wildman–Crippen LogP) is 2.96. The zero-order valence-corrected chi connectivity index (χ0v) is 20.2. The maximum atomic E-state index is 13.2. The van der Waals surface area contributed by atoms with Gasteiger partial charge in [-0.15, -0.1) is 11.3 Å². The summed E-state index contributed by atoms with van der Waals surface area (Å²) in [4.78, 5) is 42.8. The number of rotatable bonds is 9. The van der Waals surface area contributed by atoms with Gasteiger partial charge in [-0.2, -0.15) is 0 Å². The fraction of sp³-hybridized carbons (Fsp3) is 0.346. The zero-order valence-electron chi connectivity index (χ0n) is 19.4. The van der Waals surface area contributed by atoms with Crippen LogP contribution in [-0.4, -0.2) is 64.7 Å². The SMILES string of the molecule is Cc1c(C(N)=O)cc(C(=O)CN2CCN(C(=O)CCc3ccccc3)CC2)n1Cc1cccs1. The van der Waals surface area contributed by atoms with Crippen molar-refractivity contribution in [3.63, 3.8) is 0 Å². The summed E-state index contributed by atoms with van der Waals surface area (Å²) in [5.41, 5.74) is 8.30. The van der Waals surface area contributed by atoms with Gasteiger partial charge < -0.3 is 15.2 Å². The van der Waals surface area contributed by atoms with Gasteiger partial charge in [0.2, 0.25) is 5.91 Å². The van der Waals surface area contributed by atoms with Gasteiger partial charge in [0, 0.05) is 43.2 Å². The van der Waals surface area contributed by atoms with E-state index in [2.05, 4.69) is 4.90 Å². The van der Waals surface area contributed by atoms with Crippen LogP contribution in [0.25, 0.3) is 0 Å². The number of aromatic nitrogens is 1. The lowest BCUT2D eigenvalue weighted by atomic mass is 10.1. The third-order valence-electron chi connectivity index (χ3n) is 6.37. The van der Waals surface area contributed by atoms with Crippen LogP contribution in [0.3, 0.4) is 0 Å². The van der Waals surface area contributed by atoms with E-state index in [0.29, 0.717) is 56.1 Å². The van der Waals surface area contributed by atoms with E-state index in [0.717, 1.165) is 16.9 Å². The van der Waals surface area contributed by atoms with E-state index >= 15 is 0 Å². The molecule has 0 atom stereocenters. The zero-order chi connectivity index (χ0) is 24.1. The normalized spacial score (nSPS) is 14.3. The molecular formula is C26H30N4O3S. The van der Waals surface area contributed by atoms with Crippen molar-refractivity contribution in [1.82, 2.24) is 14.4 Å². The number of hydrogen-bond acceptors (Lipinski definition) is 5. The van der Waals surface area contributed by atoms with E-state index in [9.17, 15) is 14.4 Å². The molecule has 2 amide bonds. The minimum Gasteiger partial charge on any atom is -0.366 e. The summed E-state index contributed by atoms with van der Waals surface area (Å²) in [6.07, 6.45) is 1.23. The second-order valence-electron chi connectivity index (χ2n) is 8.62. The number of ketones is 1. The highest BCUT2D eigenvalue weighted by molar-refractivity contribution is 7.09. The first-order chi connectivity index (χ1) is 16.4. The van der Waals surface area contributed by atoms with E-state index in [1.165, 1.54) is 0 Å². The van der Waals surface area contributed by atoms with Gasteiger partial charge in [0.15, 0.2) is 5.78 Å². The smallest absolute Gasteiger partial charge is 0.250 e. The molecule has 178 valence electrons. The number of Topliss-reactive ketones (excluding diaryl/α,β-unsaturated/α-hetero) is 1. The number of amides is 2. The van der Waals surface area contributed by atoms with Gasteiger partial charge in [0.1, 0.15) is 0 Å². The van der Waals surface area contributed by atoms with Crippen LogP contribution in [0.1, 0.15) is 43.4 Å². The molecule has 0 aliphatic carbocycles. The number of carbonyl (C=O) groups excluding carboxylic acids is 3. The summed E-state index contributed by atoms with van der Waals surface area (Å²) in [5.74, 6) is -0.420. The summed E-state index contributed by atoms with van der Waals surface area (Å²) < 4.78 is 1.89. The van der Waals surface area contributed by atoms with Crippen molar-refractivity contribution in [3.05, 3.63) is 81.3 Å². The first-order valence-corrected chi connectivity index (χ1v) is 12.4. The van der Waals surface area contributed by atoms with Crippen LogP contribution in [0, 0.1) is 6.92 Å². The fourth-order valence-corrected chi connectivity index (χ4v) is 5.07. The van der Waals surface area contributed by atoms with Crippen molar-refractivity contribution in [2.45, 2.75) is 26.3 Å². The summed E-state index contributed by atoms with van der Waals surface area (Å²) in [7, 11) is 0. The molecule has 1 aliphatic rings. The summed E-state index contributed by atoms with van der Waals surface area (Å²) in [5, 5.41) is 1.99.